The zero-order valence-electron chi connectivity index (χ0n) is 11.9. The first-order valence-corrected chi connectivity index (χ1v) is 6.96. The van der Waals surface area contributed by atoms with Crippen LogP contribution >= 0.6 is 0 Å². The van der Waals surface area contributed by atoms with Gasteiger partial charge in [0.05, 0.1) is 19.3 Å². The van der Waals surface area contributed by atoms with Gasteiger partial charge in [-0.2, -0.15) is 0 Å². The van der Waals surface area contributed by atoms with E-state index in [9.17, 15) is 9.90 Å². The number of methoxy groups -OCH3 is 1. The fourth-order valence-corrected chi connectivity index (χ4v) is 1.90. The predicted octanol–water partition coefficient (Wildman–Crippen LogP) is 0.985. The van der Waals surface area contributed by atoms with Crippen LogP contribution < -0.4 is 15.4 Å². The van der Waals surface area contributed by atoms with Gasteiger partial charge in [-0.15, -0.1) is 0 Å². The van der Waals surface area contributed by atoms with Gasteiger partial charge in [0.1, 0.15) is 5.75 Å². The summed E-state index contributed by atoms with van der Waals surface area (Å²) in [6, 6.07) is 7.34. The Balaban J connectivity index is 1.80. The van der Waals surface area contributed by atoms with Crippen molar-refractivity contribution in [2.24, 2.45) is 0 Å². The van der Waals surface area contributed by atoms with Crippen LogP contribution in [0.3, 0.4) is 0 Å². The van der Waals surface area contributed by atoms with Crippen molar-refractivity contribution in [1.29, 1.82) is 0 Å². The second-order valence-corrected chi connectivity index (χ2v) is 5.21. The lowest BCUT2D eigenvalue weighted by Crippen LogP contribution is -2.44. The maximum Gasteiger partial charge on any atom is 0.237 e. The Morgan fingerprint density at radius 2 is 2.25 bits per heavy atom. The predicted molar refractivity (Wildman–Crippen MR) is 76.6 cm³/mol. The standard InChI is InChI=1S/C15H22N2O3/c1-10(15(19)17-12-6-7-12)16-9-14(18)11-4-3-5-13(8-11)20-2/h3-5,8,10,12,14,16,18H,6-7,9H2,1-2H3,(H,17,19). The molecular weight excluding hydrogens is 256 g/mol. The average molecular weight is 278 g/mol. The third-order valence-electron chi connectivity index (χ3n) is 3.41. The van der Waals surface area contributed by atoms with Crippen molar-refractivity contribution in [1.82, 2.24) is 10.6 Å². The van der Waals surface area contributed by atoms with Crippen LogP contribution in [0.25, 0.3) is 0 Å². The third kappa shape index (κ3) is 4.21. The first-order chi connectivity index (χ1) is 9.60. The molecule has 1 aliphatic carbocycles. The number of ether oxygens (including phenoxy) is 1. The van der Waals surface area contributed by atoms with Crippen LogP contribution in [0.1, 0.15) is 31.4 Å². The molecule has 0 saturated heterocycles. The maximum absolute atomic E-state index is 11.8. The lowest BCUT2D eigenvalue weighted by molar-refractivity contribution is -0.123. The Bertz CT molecular complexity index is 460. The largest absolute Gasteiger partial charge is 0.497 e. The number of benzene rings is 1. The second-order valence-electron chi connectivity index (χ2n) is 5.21. The van der Waals surface area contributed by atoms with Crippen LogP contribution in [0.15, 0.2) is 24.3 Å². The highest BCUT2D eigenvalue weighted by molar-refractivity contribution is 5.81. The van der Waals surface area contributed by atoms with E-state index in [1.54, 1.807) is 20.1 Å². The summed E-state index contributed by atoms with van der Waals surface area (Å²) < 4.78 is 5.12. The molecule has 3 N–H and O–H groups in total. The van der Waals surface area contributed by atoms with E-state index >= 15 is 0 Å². The van der Waals surface area contributed by atoms with Gasteiger partial charge in [0.15, 0.2) is 0 Å². The van der Waals surface area contributed by atoms with Crippen LogP contribution in [-0.4, -0.2) is 36.8 Å². The fraction of sp³-hybridized carbons (Fsp3) is 0.533. The van der Waals surface area contributed by atoms with Crippen molar-refractivity contribution >= 4 is 5.91 Å². The lowest BCUT2D eigenvalue weighted by Gasteiger charge is -2.17. The molecule has 0 radical (unpaired) electrons. The Hall–Kier alpha value is -1.59. The normalized spacial score (nSPS) is 17.4. The summed E-state index contributed by atoms with van der Waals surface area (Å²) in [5.74, 6) is 0.700. The highest BCUT2D eigenvalue weighted by Gasteiger charge is 2.25. The van der Waals surface area contributed by atoms with Crippen LogP contribution in [-0.2, 0) is 4.79 Å². The number of aliphatic hydroxyl groups excluding tert-OH is 1. The van der Waals surface area contributed by atoms with Crippen molar-refractivity contribution in [3.8, 4) is 5.75 Å². The molecule has 20 heavy (non-hydrogen) atoms. The number of nitrogens with one attached hydrogen (secondary N) is 2. The van der Waals surface area contributed by atoms with E-state index in [0.717, 1.165) is 18.4 Å². The molecule has 1 aromatic rings. The zero-order chi connectivity index (χ0) is 14.5. The summed E-state index contributed by atoms with van der Waals surface area (Å²) in [4.78, 5) is 11.8. The molecule has 0 aromatic heterocycles. The summed E-state index contributed by atoms with van der Waals surface area (Å²) in [7, 11) is 1.59. The smallest absolute Gasteiger partial charge is 0.237 e. The van der Waals surface area contributed by atoms with Crippen molar-refractivity contribution in [2.75, 3.05) is 13.7 Å². The first-order valence-electron chi connectivity index (χ1n) is 6.96. The van der Waals surface area contributed by atoms with Gasteiger partial charge < -0.3 is 20.5 Å². The van der Waals surface area contributed by atoms with E-state index in [1.807, 2.05) is 18.2 Å². The molecule has 1 fully saturated rings. The van der Waals surface area contributed by atoms with Crippen LogP contribution in [0.4, 0.5) is 0 Å². The number of hydrogen-bond donors (Lipinski definition) is 3. The minimum atomic E-state index is -0.665. The number of amides is 1. The fourth-order valence-electron chi connectivity index (χ4n) is 1.90. The first kappa shape index (κ1) is 14.8. The highest BCUT2D eigenvalue weighted by Crippen LogP contribution is 2.19. The molecule has 0 spiro atoms. The molecule has 2 rings (SSSR count). The van der Waals surface area contributed by atoms with Gasteiger partial charge in [0, 0.05) is 12.6 Å². The van der Waals surface area contributed by atoms with E-state index in [1.165, 1.54) is 0 Å². The molecule has 5 heteroatoms. The van der Waals surface area contributed by atoms with E-state index in [0.29, 0.717) is 18.3 Å². The van der Waals surface area contributed by atoms with Gasteiger partial charge in [-0.25, -0.2) is 0 Å². The Labute approximate surface area is 119 Å². The van der Waals surface area contributed by atoms with Gasteiger partial charge in [0.2, 0.25) is 5.91 Å². The number of rotatable bonds is 7. The van der Waals surface area contributed by atoms with E-state index in [4.69, 9.17) is 4.74 Å². The maximum atomic E-state index is 11.8. The third-order valence-corrected chi connectivity index (χ3v) is 3.41. The van der Waals surface area contributed by atoms with E-state index < -0.39 is 6.10 Å². The summed E-state index contributed by atoms with van der Waals surface area (Å²) >= 11 is 0. The molecule has 2 atom stereocenters. The summed E-state index contributed by atoms with van der Waals surface area (Å²) in [5.41, 5.74) is 0.770. The van der Waals surface area contributed by atoms with Crippen molar-refractivity contribution in [3.05, 3.63) is 29.8 Å². The molecule has 1 amide bonds. The minimum Gasteiger partial charge on any atom is -0.497 e. The SMILES string of the molecule is COc1cccc(C(O)CNC(C)C(=O)NC2CC2)c1. The Morgan fingerprint density at radius 3 is 2.90 bits per heavy atom. The topological polar surface area (TPSA) is 70.6 Å². The van der Waals surface area contributed by atoms with Crippen LogP contribution in [0.2, 0.25) is 0 Å². The van der Waals surface area contributed by atoms with E-state index in [2.05, 4.69) is 10.6 Å². The van der Waals surface area contributed by atoms with Crippen molar-refractivity contribution < 1.29 is 14.6 Å². The van der Waals surface area contributed by atoms with Crippen LogP contribution in [0.5, 0.6) is 5.75 Å². The number of carbonyl (C=O) groups excluding carboxylic acids is 1. The zero-order valence-corrected chi connectivity index (χ0v) is 11.9. The molecule has 2 unspecified atom stereocenters. The molecule has 1 aliphatic rings. The summed E-state index contributed by atoms with van der Waals surface area (Å²) in [5, 5.41) is 16.1. The minimum absolute atomic E-state index is 0.00894. The molecular formula is C15H22N2O3. The highest BCUT2D eigenvalue weighted by atomic mass is 16.5. The lowest BCUT2D eigenvalue weighted by atomic mass is 10.1. The summed E-state index contributed by atoms with van der Waals surface area (Å²) in [6.45, 7) is 2.13. The Kier molecular flexibility index (Phi) is 4.98. The van der Waals surface area contributed by atoms with Gasteiger partial charge in [-0.1, -0.05) is 12.1 Å². The molecule has 0 heterocycles. The van der Waals surface area contributed by atoms with Crippen molar-refractivity contribution in [2.45, 2.75) is 38.0 Å². The average Bonchev–Trinajstić information content (AvgIpc) is 3.28. The molecule has 1 saturated carbocycles. The van der Waals surface area contributed by atoms with Crippen LogP contribution in [0, 0.1) is 0 Å². The number of hydrogen-bond acceptors (Lipinski definition) is 4. The quantitative estimate of drug-likeness (QED) is 0.695. The van der Waals surface area contributed by atoms with Crippen molar-refractivity contribution in [3.63, 3.8) is 0 Å². The number of aliphatic hydroxyl groups is 1. The van der Waals surface area contributed by atoms with E-state index in [-0.39, 0.29) is 11.9 Å². The van der Waals surface area contributed by atoms with Gasteiger partial charge >= 0.3 is 0 Å². The van der Waals surface area contributed by atoms with Gasteiger partial charge in [-0.05, 0) is 37.5 Å². The molecule has 5 nitrogen and oxygen atoms in total. The van der Waals surface area contributed by atoms with Gasteiger partial charge in [-0.3, -0.25) is 4.79 Å². The molecule has 0 aliphatic heterocycles. The second kappa shape index (κ2) is 6.72. The molecule has 110 valence electrons. The molecule has 1 aromatic carbocycles. The van der Waals surface area contributed by atoms with Gasteiger partial charge in [0.25, 0.3) is 0 Å². The summed E-state index contributed by atoms with van der Waals surface area (Å²) in [6.07, 6.45) is 1.48. The molecule has 0 bridgehead atoms. The number of carbonyl (C=O) groups is 1. The Morgan fingerprint density at radius 1 is 1.50 bits per heavy atom. The monoisotopic (exact) mass is 278 g/mol.